The molecule has 1 saturated carbocycles. The highest BCUT2D eigenvalue weighted by molar-refractivity contribution is 5.93. The van der Waals surface area contributed by atoms with Gasteiger partial charge in [-0.2, -0.15) is 0 Å². The molecule has 0 bridgehead atoms. The first-order chi connectivity index (χ1) is 11.7. The highest BCUT2D eigenvalue weighted by atomic mass is 16.5. The number of carbonyl (C=O) groups excluding carboxylic acids is 2. The molecule has 24 heavy (non-hydrogen) atoms. The zero-order valence-corrected chi connectivity index (χ0v) is 13.6. The van der Waals surface area contributed by atoms with Crippen LogP contribution in [0.25, 0.3) is 0 Å². The number of aromatic nitrogens is 1. The van der Waals surface area contributed by atoms with Gasteiger partial charge < -0.3 is 19.9 Å². The van der Waals surface area contributed by atoms with Gasteiger partial charge in [0.2, 0.25) is 5.91 Å². The van der Waals surface area contributed by atoms with E-state index in [1.54, 1.807) is 12.3 Å². The molecule has 1 aromatic rings. The molecule has 2 amide bonds. The van der Waals surface area contributed by atoms with Crippen molar-refractivity contribution in [3.63, 3.8) is 0 Å². The molecule has 0 spiro atoms. The molecule has 7 nitrogen and oxygen atoms in total. The number of hydrogen-bond donors (Lipinski definition) is 1. The highest BCUT2D eigenvalue weighted by Crippen LogP contribution is 2.35. The summed E-state index contributed by atoms with van der Waals surface area (Å²) in [5.41, 5.74) is 1.31. The van der Waals surface area contributed by atoms with E-state index in [9.17, 15) is 9.59 Å². The SMILES string of the molecule is O=C1CN(c2ccnc(C(=O)N3CCOC(C4CC4)C3)c2)CCN1. The van der Waals surface area contributed by atoms with Crippen molar-refractivity contribution in [3.05, 3.63) is 24.0 Å². The quantitative estimate of drug-likeness (QED) is 0.861. The summed E-state index contributed by atoms with van der Waals surface area (Å²) in [6.45, 7) is 3.54. The van der Waals surface area contributed by atoms with E-state index < -0.39 is 0 Å². The van der Waals surface area contributed by atoms with Crippen LogP contribution in [-0.4, -0.2) is 67.1 Å². The van der Waals surface area contributed by atoms with Crippen LogP contribution in [-0.2, 0) is 9.53 Å². The number of nitrogens with one attached hydrogen (secondary N) is 1. The predicted octanol–water partition coefficient (Wildman–Crippen LogP) is 0.269. The number of pyridine rings is 1. The molecule has 1 unspecified atom stereocenters. The van der Waals surface area contributed by atoms with E-state index in [0.29, 0.717) is 44.4 Å². The maximum absolute atomic E-state index is 12.8. The second kappa shape index (κ2) is 6.39. The number of rotatable bonds is 3. The molecule has 128 valence electrons. The molecule has 3 fully saturated rings. The summed E-state index contributed by atoms with van der Waals surface area (Å²) in [4.78, 5) is 32.4. The standard InChI is InChI=1S/C17H22N4O3/c22-16-11-20(6-5-19-16)13-3-4-18-14(9-13)17(23)21-7-8-24-15(10-21)12-1-2-12/h3-4,9,12,15H,1-2,5-8,10-11H2,(H,19,22). The maximum atomic E-state index is 12.8. The highest BCUT2D eigenvalue weighted by Gasteiger charge is 2.36. The van der Waals surface area contributed by atoms with Crippen molar-refractivity contribution < 1.29 is 14.3 Å². The topological polar surface area (TPSA) is 74.8 Å². The molecular formula is C17H22N4O3. The monoisotopic (exact) mass is 330 g/mol. The lowest BCUT2D eigenvalue weighted by Crippen LogP contribution is -2.48. The van der Waals surface area contributed by atoms with Gasteiger partial charge in [-0.05, 0) is 30.9 Å². The number of amides is 2. The van der Waals surface area contributed by atoms with Gasteiger partial charge in [0, 0.05) is 38.1 Å². The average molecular weight is 330 g/mol. The lowest BCUT2D eigenvalue weighted by atomic mass is 10.1. The summed E-state index contributed by atoms with van der Waals surface area (Å²) in [5, 5.41) is 2.81. The van der Waals surface area contributed by atoms with Gasteiger partial charge in [0.1, 0.15) is 5.69 Å². The first kappa shape index (κ1) is 15.4. The fourth-order valence-corrected chi connectivity index (χ4v) is 3.37. The van der Waals surface area contributed by atoms with Crippen LogP contribution in [0.1, 0.15) is 23.3 Å². The molecule has 7 heteroatoms. The molecule has 1 aromatic heterocycles. The Morgan fingerprint density at radius 2 is 2.21 bits per heavy atom. The van der Waals surface area contributed by atoms with Crippen LogP contribution < -0.4 is 10.2 Å². The summed E-state index contributed by atoms with van der Waals surface area (Å²) in [6, 6.07) is 3.64. The fraction of sp³-hybridized carbons (Fsp3) is 0.588. The summed E-state index contributed by atoms with van der Waals surface area (Å²) in [7, 11) is 0. The molecule has 3 heterocycles. The van der Waals surface area contributed by atoms with Gasteiger partial charge in [0.15, 0.2) is 0 Å². The van der Waals surface area contributed by atoms with Crippen molar-refractivity contribution in [2.45, 2.75) is 18.9 Å². The van der Waals surface area contributed by atoms with E-state index in [1.165, 1.54) is 12.8 Å². The molecule has 2 saturated heterocycles. The minimum absolute atomic E-state index is 0.00592. The van der Waals surface area contributed by atoms with E-state index in [0.717, 1.165) is 12.2 Å². The largest absolute Gasteiger partial charge is 0.374 e. The van der Waals surface area contributed by atoms with E-state index in [2.05, 4.69) is 10.3 Å². The molecule has 4 rings (SSSR count). The summed E-state index contributed by atoms with van der Waals surface area (Å²) in [6.07, 6.45) is 4.24. The Bertz CT molecular complexity index is 646. The zero-order chi connectivity index (χ0) is 16.5. The molecule has 0 aromatic carbocycles. The van der Waals surface area contributed by atoms with Gasteiger partial charge in [0.25, 0.3) is 5.91 Å². The number of morpholine rings is 1. The van der Waals surface area contributed by atoms with Crippen molar-refractivity contribution in [1.82, 2.24) is 15.2 Å². The van der Waals surface area contributed by atoms with E-state index >= 15 is 0 Å². The number of carbonyl (C=O) groups is 2. The van der Waals surface area contributed by atoms with Gasteiger partial charge >= 0.3 is 0 Å². The van der Waals surface area contributed by atoms with E-state index in [1.807, 2.05) is 15.9 Å². The second-order valence-corrected chi connectivity index (χ2v) is 6.67. The van der Waals surface area contributed by atoms with Crippen molar-refractivity contribution >= 4 is 17.5 Å². The summed E-state index contributed by atoms with van der Waals surface area (Å²) in [5.74, 6) is 0.574. The van der Waals surface area contributed by atoms with E-state index in [4.69, 9.17) is 4.74 Å². The van der Waals surface area contributed by atoms with Crippen LogP contribution in [0.4, 0.5) is 5.69 Å². The normalized spacial score (nSPS) is 24.7. The fourth-order valence-electron chi connectivity index (χ4n) is 3.37. The third-order valence-electron chi connectivity index (χ3n) is 4.89. The summed E-state index contributed by atoms with van der Waals surface area (Å²) < 4.78 is 5.78. The lowest BCUT2D eigenvalue weighted by Gasteiger charge is -2.33. The summed E-state index contributed by atoms with van der Waals surface area (Å²) >= 11 is 0. The number of anilines is 1. The average Bonchev–Trinajstić information content (AvgIpc) is 3.46. The van der Waals surface area contributed by atoms with Gasteiger partial charge in [-0.15, -0.1) is 0 Å². The number of ether oxygens (including phenoxy) is 1. The Labute approximate surface area is 141 Å². The smallest absolute Gasteiger partial charge is 0.272 e. The first-order valence-electron chi connectivity index (χ1n) is 8.59. The van der Waals surface area contributed by atoms with Crippen molar-refractivity contribution in [2.75, 3.05) is 44.2 Å². The van der Waals surface area contributed by atoms with E-state index in [-0.39, 0.29) is 17.9 Å². The van der Waals surface area contributed by atoms with Gasteiger partial charge in [-0.25, -0.2) is 0 Å². The molecule has 1 N–H and O–H groups in total. The Morgan fingerprint density at radius 1 is 1.33 bits per heavy atom. The first-order valence-corrected chi connectivity index (χ1v) is 8.59. The lowest BCUT2D eigenvalue weighted by molar-refractivity contribution is -0.120. The minimum Gasteiger partial charge on any atom is -0.374 e. The molecule has 1 aliphatic carbocycles. The van der Waals surface area contributed by atoms with Crippen molar-refractivity contribution in [1.29, 1.82) is 0 Å². The molecule has 0 radical (unpaired) electrons. The van der Waals surface area contributed by atoms with Crippen LogP contribution in [0.5, 0.6) is 0 Å². The van der Waals surface area contributed by atoms with Crippen molar-refractivity contribution in [3.8, 4) is 0 Å². The maximum Gasteiger partial charge on any atom is 0.272 e. The minimum atomic E-state index is -0.0488. The number of piperazine rings is 1. The molecule has 3 aliphatic rings. The van der Waals surface area contributed by atoms with Gasteiger partial charge in [-0.1, -0.05) is 0 Å². The van der Waals surface area contributed by atoms with Gasteiger partial charge in [0.05, 0.1) is 19.3 Å². The third-order valence-corrected chi connectivity index (χ3v) is 4.89. The molecule has 1 atom stereocenters. The number of hydrogen-bond acceptors (Lipinski definition) is 5. The van der Waals surface area contributed by atoms with Crippen LogP contribution >= 0.6 is 0 Å². The van der Waals surface area contributed by atoms with Crippen LogP contribution in [0.3, 0.4) is 0 Å². The molecular weight excluding hydrogens is 308 g/mol. The van der Waals surface area contributed by atoms with Crippen LogP contribution in [0, 0.1) is 5.92 Å². The zero-order valence-electron chi connectivity index (χ0n) is 13.6. The van der Waals surface area contributed by atoms with Crippen molar-refractivity contribution in [2.24, 2.45) is 5.92 Å². The molecule has 2 aliphatic heterocycles. The Morgan fingerprint density at radius 3 is 3.00 bits per heavy atom. The Hall–Kier alpha value is -2.15. The predicted molar refractivity (Wildman–Crippen MR) is 87.8 cm³/mol. The third kappa shape index (κ3) is 3.21. The second-order valence-electron chi connectivity index (χ2n) is 6.67. The van der Waals surface area contributed by atoms with Crippen LogP contribution in [0.15, 0.2) is 18.3 Å². The Balaban J connectivity index is 1.47. The Kier molecular flexibility index (Phi) is 4.10. The van der Waals surface area contributed by atoms with Gasteiger partial charge in [-0.3, -0.25) is 14.6 Å². The number of nitrogens with zero attached hydrogens (tertiary/aromatic N) is 3. The van der Waals surface area contributed by atoms with Crippen LogP contribution in [0.2, 0.25) is 0 Å².